The number of hydrogen-bond donors (Lipinski definition) is 1. The first-order chi connectivity index (χ1) is 9.17. The van der Waals surface area contributed by atoms with Gasteiger partial charge in [-0.15, -0.1) is 0 Å². The lowest BCUT2D eigenvalue weighted by Gasteiger charge is -2.28. The Morgan fingerprint density at radius 3 is 2.74 bits per heavy atom. The molecule has 0 amide bonds. The minimum absolute atomic E-state index is 0.100. The Balaban J connectivity index is 2.09. The average molecular weight is 263 g/mol. The quantitative estimate of drug-likeness (QED) is 0.822. The Hall–Kier alpha value is -1.39. The summed E-state index contributed by atoms with van der Waals surface area (Å²) in [4.78, 5) is 14.5. The van der Waals surface area contributed by atoms with E-state index in [2.05, 4.69) is 4.90 Å². The van der Waals surface area contributed by atoms with Crippen LogP contribution in [0.3, 0.4) is 0 Å². The lowest BCUT2D eigenvalue weighted by molar-refractivity contribution is 0.0758. The van der Waals surface area contributed by atoms with Crippen molar-refractivity contribution in [3.05, 3.63) is 29.8 Å². The number of ether oxygens (including phenoxy) is 1. The van der Waals surface area contributed by atoms with E-state index in [-0.39, 0.29) is 24.5 Å². The van der Waals surface area contributed by atoms with Gasteiger partial charge in [0, 0.05) is 11.6 Å². The Labute approximate surface area is 114 Å². The third-order valence-electron chi connectivity index (χ3n) is 3.88. The third kappa shape index (κ3) is 2.96. The van der Waals surface area contributed by atoms with Crippen LogP contribution in [0.4, 0.5) is 0 Å². The molecule has 1 aliphatic rings. The largest absolute Gasteiger partial charge is 0.497 e. The van der Waals surface area contributed by atoms with Gasteiger partial charge in [-0.3, -0.25) is 9.69 Å². The minimum Gasteiger partial charge on any atom is -0.497 e. The van der Waals surface area contributed by atoms with Gasteiger partial charge < -0.3 is 9.84 Å². The van der Waals surface area contributed by atoms with Gasteiger partial charge in [0.15, 0.2) is 5.78 Å². The van der Waals surface area contributed by atoms with Gasteiger partial charge in [0.1, 0.15) is 5.75 Å². The fourth-order valence-corrected chi connectivity index (χ4v) is 2.71. The maximum Gasteiger partial charge on any atom is 0.179 e. The molecule has 4 nitrogen and oxygen atoms in total. The van der Waals surface area contributed by atoms with Gasteiger partial charge in [-0.05, 0) is 50.6 Å². The van der Waals surface area contributed by atoms with Crippen molar-refractivity contribution in [1.29, 1.82) is 0 Å². The number of aliphatic hydroxyl groups excluding tert-OH is 1. The summed E-state index contributed by atoms with van der Waals surface area (Å²) in [5.74, 6) is 0.849. The van der Waals surface area contributed by atoms with Crippen LogP contribution in [0.1, 0.15) is 30.1 Å². The molecule has 4 heteroatoms. The van der Waals surface area contributed by atoms with Crippen molar-refractivity contribution >= 4 is 5.78 Å². The lowest BCUT2D eigenvalue weighted by Crippen LogP contribution is -2.43. The SMILES string of the molecule is COc1ccc(C(=O)C(C)N2CCCC2CO)cc1. The molecule has 104 valence electrons. The summed E-state index contributed by atoms with van der Waals surface area (Å²) in [5, 5.41) is 9.34. The Morgan fingerprint density at radius 1 is 1.47 bits per heavy atom. The lowest BCUT2D eigenvalue weighted by atomic mass is 10.0. The molecule has 1 aromatic carbocycles. The molecule has 0 aliphatic carbocycles. The van der Waals surface area contributed by atoms with Gasteiger partial charge in [0.25, 0.3) is 0 Å². The summed E-state index contributed by atoms with van der Waals surface area (Å²) in [6.45, 7) is 2.93. The first-order valence-corrected chi connectivity index (χ1v) is 6.72. The van der Waals surface area contributed by atoms with Crippen LogP contribution in [0.25, 0.3) is 0 Å². The van der Waals surface area contributed by atoms with Crippen molar-refractivity contribution in [2.45, 2.75) is 31.8 Å². The number of aliphatic hydroxyl groups is 1. The standard InChI is InChI=1S/C15H21NO3/c1-11(16-9-3-4-13(16)10-17)15(18)12-5-7-14(19-2)8-6-12/h5-8,11,13,17H,3-4,9-10H2,1-2H3. The molecule has 1 fully saturated rings. The van der Waals surface area contributed by atoms with E-state index >= 15 is 0 Å². The number of carbonyl (C=O) groups is 1. The zero-order valence-corrected chi connectivity index (χ0v) is 11.5. The van der Waals surface area contributed by atoms with E-state index in [0.29, 0.717) is 5.56 Å². The van der Waals surface area contributed by atoms with Gasteiger partial charge in [-0.1, -0.05) is 0 Å². The molecule has 1 aliphatic heterocycles. The van der Waals surface area contributed by atoms with E-state index in [1.165, 1.54) is 0 Å². The number of ketones is 1. The highest BCUT2D eigenvalue weighted by atomic mass is 16.5. The molecule has 2 atom stereocenters. The monoisotopic (exact) mass is 263 g/mol. The second-order valence-corrected chi connectivity index (χ2v) is 4.99. The van der Waals surface area contributed by atoms with Gasteiger partial charge in [-0.2, -0.15) is 0 Å². The van der Waals surface area contributed by atoms with Crippen LogP contribution in [-0.4, -0.2) is 48.1 Å². The first kappa shape index (κ1) is 14.0. The number of hydrogen-bond acceptors (Lipinski definition) is 4. The zero-order chi connectivity index (χ0) is 13.8. The highest BCUT2D eigenvalue weighted by molar-refractivity contribution is 6.00. The van der Waals surface area contributed by atoms with Crippen LogP contribution in [-0.2, 0) is 0 Å². The predicted octanol–water partition coefficient (Wildman–Crippen LogP) is 1.72. The van der Waals surface area contributed by atoms with Gasteiger partial charge in [-0.25, -0.2) is 0 Å². The molecule has 1 saturated heterocycles. The van der Waals surface area contributed by atoms with Crippen molar-refractivity contribution in [1.82, 2.24) is 4.90 Å². The maximum absolute atomic E-state index is 12.4. The van der Waals surface area contributed by atoms with Crippen molar-refractivity contribution in [3.63, 3.8) is 0 Å². The number of methoxy groups -OCH3 is 1. The molecular weight excluding hydrogens is 242 g/mol. The normalized spacial score (nSPS) is 21.3. The van der Waals surface area contributed by atoms with Crippen LogP contribution in [0.15, 0.2) is 24.3 Å². The molecule has 0 spiro atoms. The summed E-state index contributed by atoms with van der Waals surface area (Å²) in [7, 11) is 1.61. The molecule has 19 heavy (non-hydrogen) atoms. The van der Waals surface area contributed by atoms with Gasteiger partial charge >= 0.3 is 0 Å². The van der Waals surface area contributed by atoms with Crippen LogP contribution in [0, 0.1) is 0 Å². The number of likely N-dealkylation sites (tertiary alicyclic amines) is 1. The molecule has 0 bridgehead atoms. The smallest absolute Gasteiger partial charge is 0.179 e. The molecule has 2 unspecified atom stereocenters. The van der Waals surface area contributed by atoms with Crippen LogP contribution in [0.5, 0.6) is 5.75 Å². The summed E-state index contributed by atoms with van der Waals surface area (Å²) >= 11 is 0. The van der Waals surface area contributed by atoms with E-state index in [1.807, 2.05) is 6.92 Å². The fraction of sp³-hybridized carbons (Fsp3) is 0.533. The number of rotatable bonds is 5. The number of nitrogens with zero attached hydrogens (tertiary/aromatic N) is 1. The number of Topliss-reactive ketones (excluding diaryl/α,β-unsaturated/α-hetero) is 1. The molecule has 0 aromatic heterocycles. The number of benzene rings is 1. The summed E-state index contributed by atoms with van der Waals surface area (Å²) < 4.78 is 5.09. The highest BCUT2D eigenvalue weighted by Crippen LogP contribution is 2.22. The molecule has 0 saturated carbocycles. The topological polar surface area (TPSA) is 49.8 Å². The molecule has 1 N–H and O–H groups in total. The molecule has 0 radical (unpaired) electrons. The molecule has 1 heterocycles. The molecular formula is C15H21NO3. The van der Waals surface area contributed by atoms with E-state index in [9.17, 15) is 9.90 Å². The summed E-state index contributed by atoms with van der Waals surface area (Å²) in [6, 6.07) is 7.12. The van der Waals surface area contributed by atoms with Crippen LogP contribution in [0.2, 0.25) is 0 Å². The zero-order valence-electron chi connectivity index (χ0n) is 11.5. The minimum atomic E-state index is -0.187. The fourth-order valence-electron chi connectivity index (χ4n) is 2.71. The second-order valence-electron chi connectivity index (χ2n) is 4.99. The second kappa shape index (κ2) is 6.17. The van der Waals surface area contributed by atoms with Crippen molar-refractivity contribution < 1.29 is 14.6 Å². The highest BCUT2D eigenvalue weighted by Gasteiger charge is 2.31. The first-order valence-electron chi connectivity index (χ1n) is 6.72. The average Bonchev–Trinajstić information content (AvgIpc) is 2.94. The third-order valence-corrected chi connectivity index (χ3v) is 3.88. The van der Waals surface area contributed by atoms with Gasteiger partial charge in [0.05, 0.1) is 19.8 Å². The summed E-state index contributed by atoms with van der Waals surface area (Å²) in [6.07, 6.45) is 2.02. The Bertz CT molecular complexity index is 430. The van der Waals surface area contributed by atoms with Crippen LogP contribution >= 0.6 is 0 Å². The van der Waals surface area contributed by atoms with Gasteiger partial charge in [0.2, 0.25) is 0 Å². The summed E-state index contributed by atoms with van der Waals surface area (Å²) in [5.41, 5.74) is 0.692. The number of carbonyl (C=O) groups excluding carboxylic acids is 1. The maximum atomic E-state index is 12.4. The Morgan fingerprint density at radius 2 is 2.16 bits per heavy atom. The predicted molar refractivity (Wildman–Crippen MR) is 73.6 cm³/mol. The molecule has 1 aromatic rings. The molecule has 2 rings (SSSR count). The van der Waals surface area contributed by atoms with E-state index in [4.69, 9.17) is 4.74 Å². The van der Waals surface area contributed by atoms with E-state index in [0.717, 1.165) is 25.1 Å². The van der Waals surface area contributed by atoms with Crippen molar-refractivity contribution in [3.8, 4) is 5.75 Å². The Kier molecular flexibility index (Phi) is 4.56. The van der Waals surface area contributed by atoms with Crippen LogP contribution < -0.4 is 4.74 Å². The van der Waals surface area contributed by atoms with E-state index in [1.54, 1.807) is 31.4 Å². The van der Waals surface area contributed by atoms with E-state index < -0.39 is 0 Å². The van der Waals surface area contributed by atoms with Crippen molar-refractivity contribution in [2.24, 2.45) is 0 Å². The van der Waals surface area contributed by atoms with Crippen molar-refractivity contribution in [2.75, 3.05) is 20.3 Å².